The molecule has 31 heavy (non-hydrogen) atoms. The number of nitrogens with two attached hydrogens (primary N) is 1. The number of hydrogen-bond acceptors (Lipinski definition) is 7. The van der Waals surface area contributed by atoms with Gasteiger partial charge < -0.3 is 24.8 Å². The first-order valence-electron chi connectivity index (χ1n) is 10.7. The number of ether oxygens (including phenoxy) is 3. The normalized spacial score (nSPS) is 12.6. The van der Waals surface area contributed by atoms with Gasteiger partial charge in [-0.1, -0.05) is 27.7 Å². The third-order valence-electron chi connectivity index (χ3n) is 4.85. The predicted molar refractivity (Wildman–Crippen MR) is 120 cm³/mol. The largest absolute Gasteiger partial charge is 0.493 e. The Bertz CT molecular complexity index is 1010. The second-order valence-electron chi connectivity index (χ2n) is 8.55. The summed E-state index contributed by atoms with van der Waals surface area (Å²) in [5, 5.41) is 0. The average molecular weight is 433 g/mol. The first kappa shape index (κ1) is 22.6. The number of fused-ring (bicyclic) bond motifs is 1. The van der Waals surface area contributed by atoms with Gasteiger partial charge in [-0.05, 0) is 30.4 Å². The number of hydrogen-bond donors (Lipinski definition) is 2. The van der Waals surface area contributed by atoms with Crippen molar-refractivity contribution in [1.82, 2.24) is 9.55 Å². The highest BCUT2D eigenvalue weighted by Gasteiger charge is 2.20. The minimum absolute atomic E-state index is 0.208. The van der Waals surface area contributed by atoms with Crippen LogP contribution in [0.1, 0.15) is 34.1 Å². The van der Waals surface area contributed by atoms with Gasteiger partial charge in [0.25, 0.3) is 5.56 Å². The first-order chi connectivity index (χ1) is 14.8. The standard InChI is InChI=1S/C22H32N4O5/c1-14(2)11-25(19-20(23)26(12-15(3)4)22(28)24-21(19)27)8-5-9-29-16-6-7-17-18(10-16)31-13-30-17/h6-7,10,14-15H,5,8-9,11-13,23H2,1-4H3,(H,24,27,28). The van der Waals surface area contributed by atoms with E-state index >= 15 is 0 Å². The number of rotatable bonds is 10. The molecule has 1 aromatic carbocycles. The van der Waals surface area contributed by atoms with Crippen LogP contribution in [-0.2, 0) is 6.54 Å². The molecule has 0 spiro atoms. The van der Waals surface area contributed by atoms with Crippen molar-refractivity contribution in [2.45, 2.75) is 40.7 Å². The molecule has 3 N–H and O–H groups in total. The third kappa shape index (κ3) is 5.53. The molecule has 0 atom stereocenters. The van der Waals surface area contributed by atoms with Gasteiger partial charge in [0.15, 0.2) is 11.5 Å². The van der Waals surface area contributed by atoms with Crippen LogP contribution >= 0.6 is 0 Å². The number of nitrogens with one attached hydrogen (secondary N) is 1. The highest BCUT2D eigenvalue weighted by molar-refractivity contribution is 5.62. The molecular weight excluding hydrogens is 400 g/mol. The van der Waals surface area contributed by atoms with Gasteiger partial charge in [0.2, 0.25) is 6.79 Å². The third-order valence-corrected chi connectivity index (χ3v) is 4.85. The van der Waals surface area contributed by atoms with Crippen molar-refractivity contribution in [3.8, 4) is 17.2 Å². The average Bonchev–Trinajstić information content (AvgIpc) is 3.15. The van der Waals surface area contributed by atoms with Crippen LogP contribution in [0.5, 0.6) is 17.2 Å². The minimum atomic E-state index is -0.476. The van der Waals surface area contributed by atoms with Crippen LogP contribution in [0.15, 0.2) is 27.8 Å². The van der Waals surface area contributed by atoms with Gasteiger partial charge in [-0.3, -0.25) is 14.3 Å². The van der Waals surface area contributed by atoms with Gasteiger partial charge in [0.1, 0.15) is 17.3 Å². The summed E-state index contributed by atoms with van der Waals surface area (Å²) < 4.78 is 18.0. The Hall–Kier alpha value is -3.10. The molecule has 0 aliphatic carbocycles. The van der Waals surface area contributed by atoms with Crippen molar-refractivity contribution in [2.24, 2.45) is 11.8 Å². The number of anilines is 2. The lowest BCUT2D eigenvalue weighted by Crippen LogP contribution is -2.40. The van der Waals surface area contributed by atoms with Crippen molar-refractivity contribution in [3.63, 3.8) is 0 Å². The van der Waals surface area contributed by atoms with Gasteiger partial charge in [0, 0.05) is 25.7 Å². The molecule has 9 heteroatoms. The number of nitrogen functional groups attached to an aromatic ring is 1. The van der Waals surface area contributed by atoms with Crippen LogP contribution in [0.25, 0.3) is 0 Å². The molecule has 2 aromatic rings. The van der Waals surface area contributed by atoms with Crippen LogP contribution in [-0.4, -0.2) is 36.0 Å². The number of H-pyrrole nitrogens is 1. The molecule has 2 heterocycles. The molecule has 0 bridgehead atoms. The fourth-order valence-electron chi connectivity index (χ4n) is 3.58. The van der Waals surface area contributed by atoms with E-state index in [-0.39, 0.29) is 18.5 Å². The summed E-state index contributed by atoms with van der Waals surface area (Å²) in [5.41, 5.74) is 5.71. The maximum absolute atomic E-state index is 12.6. The minimum Gasteiger partial charge on any atom is -0.493 e. The number of nitrogens with zero attached hydrogens (tertiary/aromatic N) is 2. The Morgan fingerprint density at radius 3 is 2.61 bits per heavy atom. The summed E-state index contributed by atoms with van der Waals surface area (Å²) in [7, 11) is 0. The Morgan fingerprint density at radius 1 is 1.16 bits per heavy atom. The highest BCUT2D eigenvalue weighted by Crippen LogP contribution is 2.35. The molecule has 0 amide bonds. The van der Waals surface area contributed by atoms with Gasteiger partial charge in [0.05, 0.1) is 6.61 Å². The molecule has 9 nitrogen and oxygen atoms in total. The van der Waals surface area contributed by atoms with E-state index in [1.165, 1.54) is 4.57 Å². The number of aromatic amines is 1. The van der Waals surface area contributed by atoms with Crippen molar-refractivity contribution in [2.75, 3.05) is 37.1 Å². The highest BCUT2D eigenvalue weighted by atomic mass is 16.7. The second kappa shape index (κ2) is 9.80. The van der Waals surface area contributed by atoms with Crippen molar-refractivity contribution < 1.29 is 14.2 Å². The Balaban J connectivity index is 1.72. The van der Waals surface area contributed by atoms with E-state index in [0.29, 0.717) is 61.5 Å². The van der Waals surface area contributed by atoms with Crippen LogP contribution in [0.3, 0.4) is 0 Å². The molecule has 0 saturated carbocycles. The van der Waals surface area contributed by atoms with Crippen LogP contribution in [0.2, 0.25) is 0 Å². The molecule has 0 saturated heterocycles. The first-order valence-corrected chi connectivity index (χ1v) is 10.7. The molecule has 0 unspecified atom stereocenters. The SMILES string of the molecule is CC(C)CN(CCCOc1ccc2c(c1)OCO2)c1c(N)n(CC(C)C)c(=O)[nH]c1=O. The van der Waals surface area contributed by atoms with Crippen molar-refractivity contribution in [3.05, 3.63) is 39.0 Å². The smallest absolute Gasteiger partial charge is 0.330 e. The lowest BCUT2D eigenvalue weighted by molar-refractivity contribution is 0.173. The van der Waals surface area contributed by atoms with E-state index in [1.807, 2.05) is 30.9 Å². The van der Waals surface area contributed by atoms with Gasteiger partial charge in [-0.15, -0.1) is 0 Å². The fourth-order valence-corrected chi connectivity index (χ4v) is 3.58. The molecule has 170 valence electrons. The molecule has 1 aliphatic heterocycles. The Morgan fingerprint density at radius 2 is 1.90 bits per heavy atom. The van der Waals surface area contributed by atoms with Gasteiger partial charge >= 0.3 is 5.69 Å². The monoisotopic (exact) mass is 432 g/mol. The van der Waals surface area contributed by atoms with E-state index in [9.17, 15) is 9.59 Å². The molecular formula is C22H32N4O5. The Labute approximate surface area is 181 Å². The van der Waals surface area contributed by atoms with Crippen molar-refractivity contribution >= 4 is 11.5 Å². The van der Waals surface area contributed by atoms with E-state index in [0.717, 1.165) is 0 Å². The molecule has 1 aromatic heterocycles. The van der Waals surface area contributed by atoms with E-state index < -0.39 is 11.2 Å². The number of aromatic nitrogens is 2. The summed E-state index contributed by atoms with van der Waals surface area (Å²) in [6, 6.07) is 5.46. The fraction of sp³-hybridized carbons (Fsp3) is 0.545. The summed E-state index contributed by atoms with van der Waals surface area (Å²) in [5.74, 6) is 2.81. The van der Waals surface area contributed by atoms with Gasteiger partial charge in [-0.25, -0.2) is 4.79 Å². The zero-order chi connectivity index (χ0) is 22.5. The maximum Gasteiger partial charge on any atom is 0.330 e. The zero-order valence-electron chi connectivity index (χ0n) is 18.6. The summed E-state index contributed by atoms with van der Waals surface area (Å²) in [6.07, 6.45) is 0.670. The topological polar surface area (TPSA) is 112 Å². The second-order valence-corrected chi connectivity index (χ2v) is 8.55. The predicted octanol–water partition coefficient (Wildman–Crippen LogP) is 2.44. The molecule has 0 radical (unpaired) electrons. The zero-order valence-corrected chi connectivity index (χ0v) is 18.6. The lowest BCUT2D eigenvalue weighted by atomic mass is 10.2. The molecule has 0 fully saturated rings. The van der Waals surface area contributed by atoms with Crippen LogP contribution in [0.4, 0.5) is 11.5 Å². The quantitative estimate of drug-likeness (QED) is 0.555. The van der Waals surface area contributed by atoms with E-state index in [1.54, 1.807) is 6.07 Å². The molecule has 3 rings (SSSR count). The van der Waals surface area contributed by atoms with Crippen LogP contribution < -0.4 is 36.1 Å². The van der Waals surface area contributed by atoms with Crippen molar-refractivity contribution in [1.29, 1.82) is 0 Å². The molecule has 1 aliphatic rings. The summed E-state index contributed by atoms with van der Waals surface area (Å²) in [6.45, 7) is 10.5. The lowest BCUT2D eigenvalue weighted by Gasteiger charge is -2.28. The van der Waals surface area contributed by atoms with Crippen LogP contribution in [0, 0.1) is 11.8 Å². The Kier molecular flexibility index (Phi) is 7.14. The summed E-state index contributed by atoms with van der Waals surface area (Å²) in [4.78, 5) is 29.3. The summed E-state index contributed by atoms with van der Waals surface area (Å²) >= 11 is 0. The maximum atomic E-state index is 12.6. The van der Waals surface area contributed by atoms with E-state index in [2.05, 4.69) is 18.8 Å². The van der Waals surface area contributed by atoms with E-state index in [4.69, 9.17) is 19.9 Å². The van der Waals surface area contributed by atoms with Gasteiger partial charge in [-0.2, -0.15) is 0 Å². The number of benzene rings is 1.